The number of hydrogen-bond donors (Lipinski definition) is 4. The van der Waals surface area contributed by atoms with Gasteiger partial charge in [0.2, 0.25) is 17.7 Å². The number of piperazine rings is 1. The summed E-state index contributed by atoms with van der Waals surface area (Å²) >= 11 is 0. The van der Waals surface area contributed by atoms with Gasteiger partial charge in [0.25, 0.3) is 0 Å². The lowest BCUT2D eigenvalue weighted by Crippen LogP contribution is -2.56. The van der Waals surface area contributed by atoms with Crippen molar-refractivity contribution in [1.29, 1.82) is 0 Å². The molecule has 4 aliphatic rings. The van der Waals surface area contributed by atoms with Crippen LogP contribution in [0, 0.1) is 5.41 Å². The van der Waals surface area contributed by atoms with Gasteiger partial charge in [0.05, 0.1) is 5.41 Å². The summed E-state index contributed by atoms with van der Waals surface area (Å²) in [4.78, 5) is 64.3. The lowest BCUT2D eigenvalue weighted by Gasteiger charge is -2.42. The minimum Gasteiger partial charge on any atom is -0.329 e. The van der Waals surface area contributed by atoms with E-state index in [2.05, 4.69) is 26.3 Å². The van der Waals surface area contributed by atoms with Gasteiger partial charge in [0, 0.05) is 75.2 Å². The first kappa shape index (κ1) is 33.7. The molecule has 50 heavy (non-hydrogen) atoms. The number of carbonyl (C=O) groups excluding carboxylic acids is 4. The van der Waals surface area contributed by atoms with Gasteiger partial charge in [-0.1, -0.05) is 43.3 Å². The molecule has 12 heteroatoms. The van der Waals surface area contributed by atoms with Crippen molar-refractivity contribution in [2.75, 3.05) is 63.5 Å². The second-order valence-corrected chi connectivity index (χ2v) is 14.3. The van der Waals surface area contributed by atoms with Crippen molar-refractivity contribution in [3.05, 3.63) is 88.6 Å². The van der Waals surface area contributed by atoms with Crippen LogP contribution in [0.5, 0.6) is 0 Å². The van der Waals surface area contributed by atoms with Crippen LogP contribution in [0.15, 0.2) is 60.8 Å². The average molecular weight is 679 g/mol. The molecule has 0 radical (unpaired) electrons. The smallest absolute Gasteiger partial charge is 0.320 e. The highest BCUT2D eigenvalue weighted by Crippen LogP contribution is 2.47. The summed E-state index contributed by atoms with van der Waals surface area (Å²) in [5.74, 6) is 0.190. The largest absolute Gasteiger partial charge is 0.329 e. The van der Waals surface area contributed by atoms with Crippen LogP contribution in [0.3, 0.4) is 0 Å². The maximum Gasteiger partial charge on any atom is 0.320 e. The molecule has 1 aromatic heterocycles. The topological polar surface area (TPSA) is 139 Å². The van der Waals surface area contributed by atoms with Crippen LogP contribution >= 0.6 is 0 Å². The predicted molar refractivity (Wildman–Crippen MR) is 190 cm³/mol. The Morgan fingerprint density at radius 1 is 0.920 bits per heavy atom. The van der Waals surface area contributed by atoms with Gasteiger partial charge in [0.1, 0.15) is 12.4 Å². The fraction of sp³-hybridized carbons (Fsp3) is 0.447. The molecule has 2 fully saturated rings. The monoisotopic (exact) mass is 678 g/mol. The number of likely N-dealkylation sites (tertiary alicyclic amines) is 1. The molecule has 5 amide bonds. The molecule has 1 atom stereocenters. The van der Waals surface area contributed by atoms with E-state index in [1.807, 2.05) is 78.4 Å². The minimum atomic E-state index is -0.715. The highest BCUT2D eigenvalue weighted by atomic mass is 16.2. The second kappa shape index (κ2) is 13.8. The molecule has 2 saturated heterocycles. The fourth-order valence-corrected chi connectivity index (χ4v) is 8.04. The van der Waals surface area contributed by atoms with Crippen LogP contribution in [0.2, 0.25) is 0 Å². The van der Waals surface area contributed by atoms with Crippen LogP contribution in [-0.2, 0) is 45.7 Å². The number of urea groups is 1. The van der Waals surface area contributed by atoms with Crippen LogP contribution in [0.4, 0.5) is 16.3 Å². The van der Waals surface area contributed by atoms with E-state index >= 15 is 0 Å². The maximum absolute atomic E-state index is 14.5. The number of piperidine rings is 1. The Bertz CT molecular complexity index is 1800. The molecule has 1 aliphatic carbocycles. The Morgan fingerprint density at radius 3 is 2.40 bits per heavy atom. The van der Waals surface area contributed by atoms with Crippen molar-refractivity contribution < 1.29 is 19.2 Å². The predicted octanol–water partition coefficient (Wildman–Crippen LogP) is 2.88. The molecule has 0 bridgehead atoms. The standard InChI is InChI=1S/C38H46N8O4/c1-37(11-16-44(17-12-37)36(50)45-18-14-40-15-19-45)35(49)46(24-28-7-4-3-6-27(28)23-39-2)25-32(47)42-30-10-9-26-21-38(22-29(26)20-30)31-8-5-13-41-33(31)43-34(38)48/h3-10,13,20,39-40H,11-12,14-19,21-25H2,1-2H3,(H,42,47)(H,41,43,48)/t38-/m1/s1. The molecule has 7 rings (SSSR count). The number of nitrogens with one attached hydrogen (secondary N) is 4. The Labute approximate surface area is 293 Å². The zero-order valence-electron chi connectivity index (χ0n) is 28.9. The summed E-state index contributed by atoms with van der Waals surface area (Å²) < 4.78 is 0. The quantitative estimate of drug-likeness (QED) is 0.288. The second-order valence-electron chi connectivity index (χ2n) is 14.3. The molecule has 4 N–H and O–H groups in total. The van der Waals surface area contributed by atoms with Gasteiger partial charge < -0.3 is 36.0 Å². The zero-order valence-corrected chi connectivity index (χ0v) is 28.9. The summed E-state index contributed by atoms with van der Waals surface area (Å²) in [7, 11) is 1.89. The van der Waals surface area contributed by atoms with Gasteiger partial charge in [0.15, 0.2) is 0 Å². The van der Waals surface area contributed by atoms with Gasteiger partial charge >= 0.3 is 6.03 Å². The van der Waals surface area contributed by atoms with E-state index in [9.17, 15) is 19.2 Å². The molecular formula is C38H46N8O4. The summed E-state index contributed by atoms with van der Waals surface area (Å²) in [6.45, 7) is 6.72. The first-order chi connectivity index (χ1) is 24.2. The van der Waals surface area contributed by atoms with Crippen molar-refractivity contribution in [1.82, 2.24) is 30.3 Å². The van der Waals surface area contributed by atoms with E-state index in [4.69, 9.17) is 0 Å². The summed E-state index contributed by atoms with van der Waals surface area (Å²) in [5.41, 5.74) is 4.25. The number of fused-ring (bicyclic) bond motifs is 3. The van der Waals surface area contributed by atoms with E-state index in [0.717, 1.165) is 40.9 Å². The number of pyridine rings is 1. The highest BCUT2D eigenvalue weighted by molar-refractivity contribution is 6.06. The Balaban J connectivity index is 1.06. The van der Waals surface area contributed by atoms with E-state index in [-0.39, 0.29) is 30.3 Å². The molecule has 0 unspecified atom stereocenters. The summed E-state index contributed by atoms with van der Waals surface area (Å²) in [5, 5.41) is 12.5. The normalized spacial score (nSPS) is 20.6. The van der Waals surface area contributed by atoms with Crippen LogP contribution < -0.4 is 21.3 Å². The molecule has 0 saturated carbocycles. The molecule has 4 heterocycles. The number of anilines is 2. The number of aromatic nitrogens is 1. The number of amides is 5. The molecule has 262 valence electrons. The molecule has 1 spiro atoms. The number of carbonyl (C=O) groups is 4. The Hall–Kier alpha value is -4.81. The fourth-order valence-electron chi connectivity index (χ4n) is 8.04. The maximum atomic E-state index is 14.5. The van der Waals surface area contributed by atoms with Gasteiger partial charge in [-0.25, -0.2) is 9.78 Å². The lowest BCUT2D eigenvalue weighted by molar-refractivity contribution is -0.146. The van der Waals surface area contributed by atoms with E-state index in [1.165, 1.54) is 0 Å². The lowest BCUT2D eigenvalue weighted by atomic mass is 9.79. The first-order valence-corrected chi connectivity index (χ1v) is 17.6. The number of rotatable bonds is 8. The Morgan fingerprint density at radius 2 is 1.64 bits per heavy atom. The van der Waals surface area contributed by atoms with Crippen LogP contribution in [0.1, 0.15) is 47.6 Å². The van der Waals surface area contributed by atoms with E-state index in [1.54, 1.807) is 11.1 Å². The third-order valence-electron chi connectivity index (χ3n) is 11.0. The Kier molecular flexibility index (Phi) is 9.32. The molecular weight excluding hydrogens is 632 g/mol. The van der Waals surface area contributed by atoms with Crippen LogP contribution in [-0.4, -0.2) is 96.3 Å². The van der Waals surface area contributed by atoms with Crippen LogP contribution in [0.25, 0.3) is 0 Å². The van der Waals surface area contributed by atoms with Gasteiger partial charge in [-0.3, -0.25) is 14.4 Å². The van der Waals surface area contributed by atoms with Crippen molar-refractivity contribution in [3.63, 3.8) is 0 Å². The first-order valence-electron chi connectivity index (χ1n) is 17.6. The van der Waals surface area contributed by atoms with E-state index in [0.29, 0.717) is 76.5 Å². The van der Waals surface area contributed by atoms with Crippen molar-refractivity contribution in [2.24, 2.45) is 5.41 Å². The molecule has 3 aromatic rings. The third-order valence-corrected chi connectivity index (χ3v) is 11.0. The third kappa shape index (κ3) is 6.45. The SMILES string of the molecule is CNCc1ccccc1CN(CC(=O)Nc1ccc2c(c1)C[C@@]1(C2)C(=O)Nc2ncccc21)C(=O)C1(C)CCN(C(=O)N2CCNCC2)CC1. The van der Waals surface area contributed by atoms with Crippen molar-refractivity contribution >= 4 is 35.3 Å². The van der Waals surface area contributed by atoms with Crippen molar-refractivity contribution in [2.45, 2.75) is 51.1 Å². The molecule has 2 aromatic carbocycles. The summed E-state index contributed by atoms with van der Waals surface area (Å²) in [6, 6.07) is 17.6. The van der Waals surface area contributed by atoms with Gasteiger partial charge in [-0.2, -0.15) is 0 Å². The van der Waals surface area contributed by atoms with Crippen molar-refractivity contribution in [3.8, 4) is 0 Å². The molecule has 12 nitrogen and oxygen atoms in total. The minimum absolute atomic E-state index is 0.0351. The number of hydrogen-bond acceptors (Lipinski definition) is 7. The van der Waals surface area contributed by atoms with Gasteiger partial charge in [-0.05, 0) is 73.2 Å². The molecule has 3 aliphatic heterocycles. The number of benzene rings is 2. The number of nitrogens with zero attached hydrogens (tertiary/aromatic N) is 4. The summed E-state index contributed by atoms with van der Waals surface area (Å²) in [6.07, 6.45) is 3.83. The van der Waals surface area contributed by atoms with Gasteiger partial charge in [-0.15, -0.1) is 0 Å². The average Bonchev–Trinajstić information content (AvgIpc) is 3.65. The zero-order chi connectivity index (χ0) is 34.9. The van der Waals surface area contributed by atoms with E-state index < -0.39 is 10.8 Å². The highest BCUT2D eigenvalue weighted by Gasteiger charge is 2.51.